The van der Waals surface area contributed by atoms with Gasteiger partial charge in [-0.2, -0.15) is 0 Å². The molecule has 1 aromatic heterocycles. The second kappa shape index (κ2) is 4.25. The van der Waals surface area contributed by atoms with Gasteiger partial charge in [-0.3, -0.25) is 0 Å². The van der Waals surface area contributed by atoms with Crippen LogP contribution in [0.25, 0.3) is 16.5 Å². The third-order valence-electron chi connectivity index (χ3n) is 3.36. The molecule has 0 unspecified atom stereocenters. The Balaban J connectivity index is 2.25. The number of hydrogen-bond acceptors (Lipinski definition) is 2. The third kappa shape index (κ3) is 1.75. The first-order valence-corrected chi connectivity index (χ1v) is 6.77. The highest BCUT2D eigenvalue weighted by molar-refractivity contribution is 7.16. The Labute approximate surface area is 110 Å². The van der Waals surface area contributed by atoms with Crippen LogP contribution in [-0.4, -0.2) is 13.6 Å². The van der Waals surface area contributed by atoms with Crippen molar-refractivity contribution in [2.24, 2.45) is 0 Å². The van der Waals surface area contributed by atoms with Crippen LogP contribution in [0.1, 0.15) is 10.4 Å². The highest BCUT2D eigenvalue weighted by Gasteiger charge is 2.20. The van der Waals surface area contributed by atoms with Crippen LogP contribution in [0.3, 0.4) is 0 Å². The van der Waals surface area contributed by atoms with Gasteiger partial charge in [-0.1, -0.05) is 12.7 Å². The summed E-state index contributed by atoms with van der Waals surface area (Å²) in [5, 5.41) is 0. The van der Waals surface area contributed by atoms with Gasteiger partial charge < -0.3 is 4.90 Å². The maximum absolute atomic E-state index is 13.4. The SMILES string of the molecule is C=Cc1cc2c(s1)-c1ccc(F)cc1N(C)CC2. The topological polar surface area (TPSA) is 3.24 Å². The molecule has 3 heteroatoms. The predicted octanol–water partition coefficient (Wildman–Crippen LogP) is 4.19. The van der Waals surface area contributed by atoms with E-state index in [1.165, 1.54) is 21.4 Å². The molecule has 3 rings (SSSR count). The van der Waals surface area contributed by atoms with E-state index in [0.29, 0.717) is 0 Å². The summed E-state index contributed by atoms with van der Waals surface area (Å²) in [4.78, 5) is 4.56. The van der Waals surface area contributed by atoms with Crippen LogP contribution in [-0.2, 0) is 6.42 Å². The summed E-state index contributed by atoms with van der Waals surface area (Å²) in [7, 11) is 2.02. The second-order valence-electron chi connectivity index (χ2n) is 4.54. The van der Waals surface area contributed by atoms with Crippen molar-refractivity contribution >= 4 is 23.1 Å². The van der Waals surface area contributed by atoms with Gasteiger partial charge in [0.25, 0.3) is 0 Å². The summed E-state index contributed by atoms with van der Waals surface area (Å²) >= 11 is 1.73. The van der Waals surface area contributed by atoms with Gasteiger partial charge in [0.1, 0.15) is 5.82 Å². The van der Waals surface area contributed by atoms with E-state index in [9.17, 15) is 4.39 Å². The third-order valence-corrected chi connectivity index (χ3v) is 4.57. The molecule has 0 atom stereocenters. The average molecular weight is 259 g/mol. The monoisotopic (exact) mass is 259 g/mol. The highest BCUT2D eigenvalue weighted by atomic mass is 32.1. The lowest BCUT2D eigenvalue weighted by molar-refractivity contribution is 0.627. The Hall–Kier alpha value is -1.61. The van der Waals surface area contributed by atoms with E-state index in [1.54, 1.807) is 17.4 Å². The molecule has 0 radical (unpaired) electrons. The van der Waals surface area contributed by atoms with Gasteiger partial charge in [0.2, 0.25) is 0 Å². The molecule has 0 saturated carbocycles. The summed E-state index contributed by atoms with van der Waals surface area (Å²) < 4.78 is 13.4. The molecule has 2 heterocycles. The summed E-state index contributed by atoms with van der Waals surface area (Å²) in [5.41, 5.74) is 3.45. The van der Waals surface area contributed by atoms with Gasteiger partial charge in [0, 0.05) is 34.6 Å². The lowest BCUT2D eigenvalue weighted by Gasteiger charge is -2.19. The zero-order chi connectivity index (χ0) is 12.7. The number of fused-ring (bicyclic) bond motifs is 3. The standard InChI is InChI=1S/C15H14FNS/c1-3-12-8-10-6-7-17(2)14-9-11(16)4-5-13(14)15(10)18-12/h3-5,8-9H,1,6-7H2,2H3. The molecule has 2 aromatic rings. The fourth-order valence-corrected chi connectivity index (χ4v) is 3.48. The van der Waals surface area contributed by atoms with Crippen LogP contribution in [0.5, 0.6) is 0 Å². The van der Waals surface area contributed by atoms with Crippen LogP contribution in [0.4, 0.5) is 10.1 Å². The summed E-state index contributed by atoms with van der Waals surface area (Å²) in [5.74, 6) is -0.176. The van der Waals surface area contributed by atoms with Gasteiger partial charge in [-0.25, -0.2) is 4.39 Å². The van der Waals surface area contributed by atoms with E-state index in [-0.39, 0.29) is 5.82 Å². The molecule has 0 spiro atoms. The van der Waals surface area contributed by atoms with Crippen molar-refractivity contribution in [1.29, 1.82) is 0 Å². The van der Waals surface area contributed by atoms with Gasteiger partial charge in [0.15, 0.2) is 0 Å². The van der Waals surface area contributed by atoms with E-state index in [4.69, 9.17) is 0 Å². The fraction of sp³-hybridized carbons (Fsp3) is 0.200. The second-order valence-corrected chi connectivity index (χ2v) is 5.62. The van der Waals surface area contributed by atoms with Crippen molar-refractivity contribution in [1.82, 2.24) is 0 Å². The molecule has 1 aromatic carbocycles. The minimum atomic E-state index is -0.176. The summed E-state index contributed by atoms with van der Waals surface area (Å²) in [6.07, 6.45) is 2.87. The van der Waals surface area contributed by atoms with Crippen LogP contribution in [0, 0.1) is 5.82 Å². The molecule has 0 bridgehead atoms. The number of nitrogens with zero attached hydrogens (tertiary/aromatic N) is 1. The van der Waals surface area contributed by atoms with Crippen LogP contribution in [0.15, 0.2) is 30.8 Å². The first-order valence-electron chi connectivity index (χ1n) is 5.95. The van der Waals surface area contributed by atoms with Crippen LogP contribution >= 0.6 is 11.3 Å². The first kappa shape index (κ1) is 11.5. The van der Waals surface area contributed by atoms with Crippen molar-refractivity contribution in [2.45, 2.75) is 6.42 Å². The van der Waals surface area contributed by atoms with Crippen molar-refractivity contribution < 1.29 is 4.39 Å². The van der Waals surface area contributed by atoms with E-state index >= 15 is 0 Å². The number of halogens is 1. The maximum atomic E-state index is 13.4. The number of benzene rings is 1. The van der Waals surface area contributed by atoms with E-state index in [1.807, 2.05) is 19.2 Å². The quantitative estimate of drug-likeness (QED) is 0.742. The molecular formula is C15H14FNS. The molecule has 0 amide bonds. The molecule has 18 heavy (non-hydrogen) atoms. The molecule has 0 saturated heterocycles. The molecule has 0 aliphatic carbocycles. The van der Waals surface area contributed by atoms with Crippen LogP contribution in [0.2, 0.25) is 0 Å². The van der Waals surface area contributed by atoms with E-state index in [0.717, 1.165) is 24.2 Å². The normalized spacial score (nSPS) is 13.8. The smallest absolute Gasteiger partial charge is 0.125 e. The lowest BCUT2D eigenvalue weighted by atomic mass is 10.1. The molecule has 1 nitrogen and oxygen atoms in total. The van der Waals surface area contributed by atoms with Crippen molar-refractivity contribution in [2.75, 3.05) is 18.5 Å². The van der Waals surface area contributed by atoms with Crippen molar-refractivity contribution in [3.63, 3.8) is 0 Å². The fourth-order valence-electron chi connectivity index (χ4n) is 2.39. The number of anilines is 1. The largest absolute Gasteiger partial charge is 0.374 e. The van der Waals surface area contributed by atoms with Gasteiger partial charge in [-0.05, 0) is 36.2 Å². The average Bonchev–Trinajstić information content (AvgIpc) is 2.74. The highest BCUT2D eigenvalue weighted by Crippen LogP contribution is 2.41. The minimum Gasteiger partial charge on any atom is -0.374 e. The first-order chi connectivity index (χ1) is 8.69. The Morgan fingerprint density at radius 3 is 3.00 bits per heavy atom. The Morgan fingerprint density at radius 1 is 1.39 bits per heavy atom. The number of rotatable bonds is 1. The van der Waals surface area contributed by atoms with Crippen molar-refractivity contribution in [3.05, 3.63) is 47.1 Å². The Bertz CT molecular complexity index is 615. The van der Waals surface area contributed by atoms with Gasteiger partial charge >= 0.3 is 0 Å². The molecule has 1 aliphatic heterocycles. The van der Waals surface area contributed by atoms with E-state index < -0.39 is 0 Å². The zero-order valence-electron chi connectivity index (χ0n) is 10.2. The Kier molecular flexibility index (Phi) is 2.71. The number of likely N-dealkylation sites (N-methyl/N-ethyl adjacent to an activating group) is 1. The molecule has 0 N–H and O–H groups in total. The molecule has 92 valence electrons. The van der Waals surface area contributed by atoms with Crippen molar-refractivity contribution in [3.8, 4) is 10.4 Å². The lowest BCUT2D eigenvalue weighted by Crippen LogP contribution is -2.19. The molecule has 0 fully saturated rings. The zero-order valence-corrected chi connectivity index (χ0v) is 11.1. The molecule has 1 aliphatic rings. The van der Waals surface area contributed by atoms with E-state index in [2.05, 4.69) is 17.5 Å². The summed E-state index contributed by atoms with van der Waals surface area (Å²) in [6, 6.07) is 7.24. The minimum absolute atomic E-state index is 0.176. The maximum Gasteiger partial charge on any atom is 0.125 e. The van der Waals surface area contributed by atoms with Crippen LogP contribution < -0.4 is 4.90 Å². The Morgan fingerprint density at radius 2 is 2.22 bits per heavy atom. The predicted molar refractivity (Wildman–Crippen MR) is 76.8 cm³/mol. The molecular weight excluding hydrogens is 245 g/mol. The van der Waals surface area contributed by atoms with Gasteiger partial charge in [0.05, 0.1) is 0 Å². The number of thiophene rings is 1. The number of hydrogen-bond donors (Lipinski definition) is 0. The summed E-state index contributed by atoms with van der Waals surface area (Å²) in [6.45, 7) is 4.74. The van der Waals surface area contributed by atoms with Gasteiger partial charge in [-0.15, -0.1) is 11.3 Å².